The lowest BCUT2D eigenvalue weighted by molar-refractivity contribution is -0.135. The van der Waals surface area contributed by atoms with Crippen LogP contribution in [0.5, 0.6) is 0 Å². The molecule has 1 heterocycles. The summed E-state index contributed by atoms with van der Waals surface area (Å²) in [5, 5.41) is 4.44. The largest absolute Gasteiger partial charge is 0.389 e. The van der Waals surface area contributed by atoms with E-state index in [1.807, 2.05) is 0 Å². The number of rotatable bonds is 4. The van der Waals surface area contributed by atoms with Gasteiger partial charge in [0.05, 0.1) is 0 Å². The number of unbranched alkanes of at least 4 members (excludes halogenated alkanes) is 1. The molecule has 1 saturated heterocycles. The van der Waals surface area contributed by atoms with E-state index in [2.05, 4.69) is 10.3 Å². The molecular weight excluding hydrogens is 273 g/mol. The third-order valence-corrected chi connectivity index (χ3v) is 4.99. The highest BCUT2D eigenvalue weighted by Gasteiger charge is 2.37. The van der Waals surface area contributed by atoms with Gasteiger partial charge in [-0.15, -0.1) is 0 Å². The topological polar surface area (TPSA) is 24.4 Å². The van der Waals surface area contributed by atoms with E-state index in [1.54, 1.807) is 11.8 Å². The molecule has 0 amide bonds. The molecule has 2 nitrogen and oxygen atoms in total. The molecular formula is C13H21F3N2S. The van der Waals surface area contributed by atoms with Crippen LogP contribution in [0.4, 0.5) is 13.2 Å². The minimum atomic E-state index is -4.03. The summed E-state index contributed by atoms with van der Waals surface area (Å²) < 4.78 is 35.9. The van der Waals surface area contributed by atoms with Gasteiger partial charge in [-0.2, -0.15) is 13.2 Å². The van der Waals surface area contributed by atoms with E-state index >= 15 is 0 Å². The molecule has 110 valence electrons. The first kappa shape index (κ1) is 15.0. The lowest BCUT2D eigenvalue weighted by Gasteiger charge is -2.32. The van der Waals surface area contributed by atoms with Crippen molar-refractivity contribution in [3.8, 4) is 0 Å². The Hall–Kier alpha value is -0.390. The molecule has 0 aromatic carbocycles. The van der Waals surface area contributed by atoms with Crippen LogP contribution in [0.15, 0.2) is 4.99 Å². The highest BCUT2D eigenvalue weighted by Crippen LogP contribution is 2.36. The van der Waals surface area contributed by atoms with Crippen LogP contribution in [-0.2, 0) is 0 Å². The first-order valence-corrected chi connectivity index (χ1v) is 8.00. The van der Waals surface area contributed by atoms with Gasteiger partial charge in [0.25, 0.3) is 0 Å². The first-order chi connectivity index (χ1) is 8.99. The standard InChI is InChI=1S/C13H21F3N2S/c14-13(15,16)8-4-5-9-17-11-18-12(10-19-11)6-2-1-3-7-12/h1-10H2,(H,17,18). The van der Waals surface area contributed by atoms with Crippen molar-refractivity contribution in [2.45, 2.75) is 63.1 Å². The summed E-state index contributed by atoms with van der Waals surface area (Å²) in [6.45, 7) is 0.501. The SMILES string of the molecule is FC(F)(F)CCCCN=C1NC2(CCCCC2)CS1. The van der Waals surface area contributed by atoms with Crippen molar-refractivity contribution in [3.05, 3.63) is 0 Å². The monoisotopic (exact) mass is 294 g/mol. The van der Waals surface area contributed by atoms with Gasteiger partial charge in [-0.1, -0.05) is 31.0 Å². The number of thioether (sulfide) groups is 1. The first-order valence-electron chi connectivity index (χ1n) is 7.01. The summed E-state index contributed by atoms with van der Waals surface area (Å²) in [6.07, 6.45) is 2.23. The van der Waals surface area contributed by atoms with Gasteiger partial charge in [-0.3, -0.25) is 4.99 Å². The van der Waals surface area contributed by atoms with Crippen molar-refractivity contribution < 1.29 is 13.2 Å². The van der Waals surface area contributed by atoms with Crippen LogP contribution < -0.4 is 5.32 Å². The third kappa shape index (κ3) is 4.89. The maximum absolute atomic E-state index is 12.0. The molecule has 1 saturated carbocycles. The highest BCUT2D eigenvalue weighted by atomic mass is 32.2. The minimum absolute atomic E-state index is 0.177. The Kier molecular flexibility index (Phi) is 5.03. The predicted octanol–water partition coefficient (Wildman–Crippen LogP) is 4.11. The molecule has 2 aliphatic rings. The Labute approximate surface area is 116 Å². The lowest BCUT2D eigenvalue weighted by Crippen LogP contribution is -2.45. The van der Waals surface area contributed by atoms with Crippen LogP contribution in [0.1, 0.15) is 51.4 Å². The van der Waals surface area contributed by atoms with E-state index in [0.717, 1.165) is 10.9 Å². The fourth-order valence-corrected chi connectivity index (χ4v) is 3.95. The molecule has 2 rings (SSSR count). The van der Waals surface area contributed by atoms with E-state index < -0.39 is 12.6 Å². The molecule has 0 bridgehead atoms. The molecule has 0 atom stereocenters. The molecule has 0 radical (unpaired) electrons. The van der Waals surface area contributed by atoms with Crippen molar-refractivity contribution in [1.82, 2.24) is 5.32 Å². The zero-order valence-corrected chi connectivity index (χ0v) is 11.9. The van der Waals surface area contributed by atoms with Crippen LogP contribution in [0.25, 0.3) is 0 Å². The average molecular weight is 294 g/mol. The zero-order valence-electron chi connectivity index (χ0n) is 11.1. The predicted molar refractivity (Wildman–Crippen MR) is 73.6 cm³/mol. The molecule has 6 heteroatoms. The number of hydrogen-bond donors (Lipinski definition) is 1. The molecule has 0 unspecified atom stereocenters. The Morgan fingerprint density at radius 1 is 1.16 bits per heavy atom. The Morgan fingerprint density at radius 3 is 2.58 bits per heavy atom. The van der Waals surface area contributed by atoms with Gasteiger partial charge in [0, 0.05) is 24.3 Å². The van der Waals surface area contributed by atoms with Gasteiger partial charge < -0.3 is 5.32 Å². The molecule has 0 aromatic heterocycles. The molecule has 1 aliphatic heterocycles. The number of halogens is 3. The van der Waals surface area contributed by atoms with Crippen LogP contribution in [-0.4, -0.2) is 29.2 Å². The second kappa shape index (κ2) is 6.37. The van der Waals surface area contributed by atoms with E-state index in [1.165, 1.54) is 32.1 Å². The lowest BCUT2D eigenvalue weighted by atomic mass is 9.83. The van der Waals surface area contributed by atoms with E-state index in [0.29, 0.717) is 13.0 Å². The van der Waals surface area contributed by atoms with E-state index in [-0.39, 0.29) is 12.0 Å². The number of alkyl halides is 3. The second-order valence-corrected chi connectivity index (χ2v) is 6.48. The average Bonchev–Trinajstić information content (AvgIpc) is 2.71. The Bertz CT molecular complexity index is 322. The van der Waals surface area contributed by atoms with Gasteiger partial charge in [0.15, 0.2) is 5.17 Å². The van der Waals surface area contributed by atoms with Crippen molar-refractivity contribution in [3.63, 3.8) is 0 Å². The van der Waals surface area contributed by atoms with Gasteiger partial charge in [0.2, 0.25) is 0 Å². The molecule has 1 spiro atoms. The van der Waals surface area contributed by atoms with Crippen molar-refractivity contribution >= 4 is 16.9 Å². The quantitative estimate of drug-likeness (QED) is 0.789. The highest BCUT2D eigenvalue weighted by molar-refractivity contribution is 8.14. The van der Waals surface area contributed by atoms with Gasteiger partial charge >= 0.3 is 6.18 Å². The van der Waals surface area contributed by atoms with Crippen LogP contribution in [0.3, 0.4) is 0 Å². The third-order valence-electron chi connectivity index (χ3n) is 3.79. The van der Waals surface area contributed by atoms with Crippen molar-refractivity contribution in [2.75, 3.05) is 12.3 Å². The fraction of sp³-hybridized carbons (Fsp3) is 0.923. The number of aliphatic imine (C=N–C) groups is 1. The number of nitrogens with zero attached hydrogens (tertiary/aromatic N) is 1. The molecule has 1 N–H and O–H groups in total. The summed E-state index contributed by atoms with van der Waals surface area (Å²) in [4.78, 5) is 4.39. The summed E-state index contributed by atoms with van der Waals surface area (Å²) in [7, 11) is 0. The Morgan fingerprint density at radius 2 is 1.89 bits per heavy atom. The minimum Gasteiger partial charge on any atom is -0.359 e. The molecule has 2 fully saturated rings. The smallest absolute Gasteiger partial charge is 0.359 e. The van der Waals surface area contributed by atoms with Crippen LogP contribution >= 0.6 is 11.8 Å². The molecule has 0 aromatic rings. The zero-order chi connectivity index (χ0) is 13.8. The maximum atomic E-state index is 12.0. The Balaban J connectivity index is 1.67. The van der Waals surface area contributed by atoms with Crippen LogP contribution in [0.2, 0.25) is 0 Å². The van der Waals surface area contributed by atoms with Gasteiger partial charge in [-0.25, -0.2) is 0 Å². The van der Waals surface area contributed by atoms with E-state index in [4.69, 9.17) is 0 Å². The summed E-state index contributed by atoms with van der Waals surface area (Å²) in [5.74, 6) is 1.06. The molecule has 19 heavy (non-hydrogen) atoms. The van der Waals surface area contributed by atoms with E-state index in [9.17, 15) is 13.2 Å². The summed E-state index contributed by atoms with van der Waals surface area (Å²) in [5.41, 5.74) is 0.230. The number of nitrogens with one attached hydrogen (secondary N) is 1. The van der Waals surface area contributed by atoms with Gasteiger partial charge in [-0.05, 0) is 25.7 Å². The second-order valence-electron chi connectivity index (χ2n) is 5.51. The maximum Gasteiger partial charge on any atom is 0.389 e. The van der Waals surface area contributed by atoms with Gasteiger partial charge in [0.1, 0.15) is 0 Å². The number of hydrogen-bond acceptors (Lipinski definition) is 2. The normalized spacial score (nSPS) is 24.9. The molecule has 1 aliphatic carbocycles. The van der Waals surface area contributed by atoms with Crippen LogP contribution in [0, 0.1) is 0 Å². The summed E-state index contributed by atoms with van der Waals surface area (Å²) >= 11 is 1.73. The fourth-order valence-electron chi connectivity index (χ4n) is 2.71. The van der Waals surface area contributed by atoms with Crippen molar-refractivity contribution in [1.29, 1.82) is 0 Å². The van der Waals surface area contributed by atoms with Crippen molar-refractivity contribution in [2.24, 2.45) is 4.99 Å². The summed E-state index contributed by atoms with van der Waals surface area (Å²) in [6, 6.07) is 0. The number of amidine groups is 1.